The lowest BCUT2D eigenvalue weighted by Crippen LogP contribution is -1.88. The quantitative estimate of drug-likeness (QED) is 0.685. The molecular formula is C9H9BrCl. The second kappa shape index (κ2) is 3.59. The van der Waals surface area contributed by atoms with Crippen molar-refractivity contribution in [1.82, 2.24) is 0 Å². The highest BCUT2D eigenvalue weighted by atomic mass is 79.9. The van der Waals surface area contributed by atoms with Crippen molar-refractivity contribution in [1.29, 1.82) is 0 Å². The van der Waals surface area contributed by atoms with Gasteiger partial charge in [0, 0.05) is 15.4 Å². The van der Waals surface area contributed by atoms with E-state index in [0.29, 0.717) is 0 Å². The lowest BCUT2D eigenvalue weighted by molar-refractivity contribution is 1.15. The number of halogens is 2. The van der Waals surface area contributed by atoms with E-state index in [1.165, 1.54) is 5.92 Å². The molecule has 1 aromatic carbocycles. The van der Waals surface area contributed by atoms with E-state index in [9.17, 15) is 0 Å². The van der Waals surface area contributed by atoms with Crippen LogP contribution in [0.4, 0.5) is 0 Å². The van der Waals surface area contributed by atoms with Gasteiger partial charge in [-0.3, -0.25) is 0 Å². The molecule has 1 rings (SSSR count). The van der Waals surface area contributed by atoms with Crippen molar-refractivity contribution >= 4 is 27.5 Å². The summed E-state index contributed by atoms with van der Waals surface area (Å²) >= 11 is 9.34. The molecule has 0 unspecified atom stereocenters. The predicted molar refractivity (Wildman–Crippen MR) is 52.8 cm³/mol. The molecule has 0 aromatic heterocycles. The Morgan fingerprint density at radius 3 is 2.45 bits per heavy atom. The van der Waals surface area contributed by atoms with Gasteiger partial charge in [0.15, 0.2) is 0 Å². The molecule has 0 heterocycles. The molecule has 0 atom stereocenters. The minimum Gasteiger partial charge on any atom is -0.0840 e. The van der Waals surface area contributed by atoms with Gasteiger partial charge in [0.1, 0.15) is 0 Å². The fourth-order valence-corrected chi connectivity index (χ4v) is 1.55. The van der Waals surface area contributed by atoms with Gasteiger partial charge in [-0.25, -0.2) is 0 Å². The molecule has 11 heavy (non-hydrogen) atoms. The lowest BCUT2D eigenvalue weighted by atomic mass is 10.0. The molecule has 0 N–H and O–H groups in total. The first-order valence-corrected chi connectivity index (χ1v) is 4.54. The van der Waals surface area contributed by atoms with Crippen LogP contribution in [-0.4, -0.2) is 0 Å². The molecule has 0 spiro atoms. The van der Waals surface area contributed by atoms with E-state index >= 15 is 0 Å². The summed E-state index contributed by atoms with van der Waals surface area (Å²) in [6.07, 6.45) is 0. The zero-order chi connectivity index (χ0) is 8.43. The van der Waals surface area contributed by atoms with E-state index in [4.69, 9.17) is 11.6 Å². The first kappa shape index (κ1) is 9.08. The van der Waals surface area contributed by atoms with Crippen molar-refractivity contribution in [3.05, 3.63) is 39.2 Å². The topological polar surface area (TPSA) is 0 Å². The fourth-order valence-electron chi connectivity index (χ4n) is 0.881. The molecule has 0 saturated carbocycles. The summed E-state index contributed by atoms with van der Waals surface area (Å²) in [5, 5.41) is 0.813. The van der Waals surface area contributed by atoms with Crippen LogP contribution >= 0.6 is 27.5 Å². The first-order valence-electron chi connectivity index (χ1n) is 3.37. The number of hydrogen-bond donors (Lipinski definition) is 0. The maximum absolute atomic E-state index is 5.95. The van der Waals surface area contributed by atoms with Gasteiger partial charge in [-0.2, -0.15) is 0 Å². The summed E-state index contributed by atoms with van der Waals surface area (Å²) in [7, 11) is 0. The fraction of sp³-hybridized carbons (Fsp3) is 0.222. The highest BCUT2D eigenvalue weighted by Gasteiger charge is 2.04. The van der Waals surface area contributed by atoms with Crippen LogP contribution in [-0.2, 0) is 0 Å². The number of hydrogen-bond acceptors (Lipinski definition) is 0. The van der Waals surface area contributed by atoms with Crippen LogP contribution in [0.1, 0.15) is 19.4 Å². The van der Waals surface area contributed by atoms with E-state index in [1.807, 2.05) is 32.0 Å². The molecule has 0 aliphatic heterocycles. The lowest BCUT2D eigenvalue weighted by Gasteiger charge is -2.06. The Hall–Kier alpha value is -0.0100. The molecule has 0 aliphatic carbocycles. The van der Waals surface area contributed by atoms with Crippen LogP contribution in [0, 0.1) is 5.92 Å². The van der Waals surface area contributed by atoms with Crippen LogP contribution in [0.3, 0.4) is 0 Å². The number of benzene rings is 1. The van der Waals surface area contributed by atoms with Crippen molar-refractivity contribution in [2.45, 2.75) is 13.8 Å². The minimum atomic E-state index is 0.813. The third-order valence-electron chi connectivity index (χ3n) is 1.47. The average Bonchev–Trinajstić information content (AvgIpc) is 1.94. The van der Waals surface area contributed by atoms with Crippen LogP contribution in [0.2, 0.25) is 5.02 Å². The highest BCUT2D eigenvalue weighted by Crippen LogP contribution is 2.26. The van der Waals surface area contributed by atoms with Gasteiger partial charge in [0.25, 0.3) is 0 Å². The van der Waals surface area contributed by atoms with Crippen molar-refractivity contribution < 1.29 is 0 Å². The maximum Gasteiger partial charge on any atom is 0.0444 e. The zero-order valence-corrected chi connectivity index (χ0v) is 8.83. The standard InChI is InChI=1S/C9H9BrCl/c1-6(2)8-5-7(10)3-4-9(8)11/h3-5H,1-2H3. The molecule has 0 fully saturated rings. The minimum absolute atomic E-state index is 0.813. The summed E-state index contributed by atoms with van der Waals surface area (Å²) in [5.41, 5.74) is 1.11. The molecule has 59 valence electrons. The van der Waals surface area contributed by atoms with Crippen LogP contribution in [0.25, 0.3) is 0 Å². The van der Waals surface area contributed by atoms with Gasteiger partial charge in [-0.15, -0.1) is 0 Å². The Labute approximate surface area is 80.7 Å². The normalized spacial score (nSPS) is 10.6. The van der Waals surface area contributed by atoms with E-state index in [-0.39, 0.29) is 0 Å². The Morgan fingerprint density at radius 1 is 1.36 bits per heavy atom. The van der Waals surface area contributed by atoms with Gasteiger partial charge in [-0.05, 0) is 23.8 Å². The molecule has 2 heteroatoms. The largest absolute Gasteiger partial charge is 0.0840 e. The second-order valence-corrected chi connectivity index (χ2v) is 3.95. The third kappa shape index (κ3) is 2.21. The van der Waals surface area contributed by atoms with Crippen LogP contribution in [0.15, 0.2) is 22.7 Å². The Morgan fingerprint density at radius 2 is 2.00 bits per heavy atom. The van der Waals surface area contributed by atoms with Gasteiger partial charge >= 0.3 is 0 Å². The van der Waals surface area contributed by atoms with Gasteiger partial charge in [0.05, 0.1) is 0 Å². The molecule has 1 aromatic rings. The van der Waals surface area contributed by atoms with E-state index in [1.54, 1.807) is 0 Å². The summed E-state index contributed by atoms with van der Waals surface area (Å²) < 4.78 is 1.07. The maximum atomic E-state index is 5.95. The van der Waals surface area contributed by atoms with E-state index in [0.717, 1.165) is 15.1 Å². The summed E-state index contributed by atoms with van der Waals surface area (Å²) in [6.45, 7) is 4.10. The predicted octanol–water partition coefficient (Wildman–Crippen LogP) is 4.06. The smallest absolute Gasteiger partial charge is 0.0444 e. The summed E-state index contributed by atoms with van der Waals surface area (Å²) in [4.78, 5) is 0. The molecule has 0 amide bonds. The molecule has 0 aliphatic rings. The van der Waals surface area contributed by atoms with Crippen LogP contribution in [0.5, 0.6) is 0 Å². The van der Waals surface area contributed by atoms with E-state index in [2.05, 4.69) is 15.9 Å². The van der Waals surface area contributed by atoms with Gasteiger partial charge in [-0.1, -0.05) is 41.4 Å². The second-order valence-electron chi connectivity index (χ2n) is 2.62. The van der Waals surface area contributed by atoms with Crippen molar-refractivity contribution in [2.75, 3.05) is 0 Å². The highest BCUT2D eigenvalue weighted by molar-refractivity contribution is 9.10. The molecule has 1 radical (unpaired) electrons. The Kier molecular flexibility index (Phi) is 2.97. The summed E-state index contributed by atoms with van der Waals surface area (Å²) in [5.74, 6) is 1.23. The van der Waals surface area contributed by atoms with Crippen molar-refractivity contribution in [2.24, 2.45) is 0 Å². The zero-order valence-electron chi connectivity index (χ0n) is 6.49. The van der Waals surface area contributed by atoms with Gasteiger partial charge < -0.3 is 0 Å². The number of rotatable bonds is 1. The average molecular weight is 233 g/mol. The van der Waals surface area contributed by atoms with Crippen LogP contribution < -0.4 is 0 Å². The van der Waals surface area contributed by atoms with Crippen molar-refractivity contribution in [3.8, 4) is 0 Å². The Bertz CT molecular complexity index is 256. The van der Waals surface area contributed by atoms with Gasteiger partial charge in [0.2, 0.25) is 0 Å². The summed E-state index contributed by atoms with van der Waals surface area (Å²) in [6, 6.07) is 5.86. The monoisotopic (exact) mass is 231 g/mol. The molecular weight excluding hydrogens is 223 g/mol. The first-order chi connectivity index (χ1) is 5.11. The Balaban J connectivity index is 3.13. The van der Waals surface area contributed by atoms with Crippen molar-refractivity contribution in [3.63, 3.8) is 0 Å². The van der Waals surface area contributed by atoms with E-state index < -0.39 is 0 Å². The molecule has 0 nitrogen and oxygen atoms in total. The SMILES string of the molecule is C[C](C)c1cc(Br)ccc1Cl. The molecule has 0 saturated heterocycles. The molecule has 0 bridgehead atoms. The third-order valence-corrected chi connectivity index (χ3v) is 2.29.